The molecule has 19 heavy (non-hydrogen) atoms. The highest BCUT2D eigenvalue weighted by atomic mass is 79.9. The summed E-state index contributed by atoms with van der Waals surface area (Å²) in [6.07, 6.45) is 5.75. The van der Waals surface area contributed by atoms with Crippen LogP contribution in [0.3, 0.4) is 0 Å². The second kappa shape index (κ2) is 5.73. The molecule has 1 saturated carbocycles. The lowest BCUT2D eigenvalue weighted by Gasteiger charge is -2.16. The van der Waals surface area contributed by atoms with Gasteiger partial charge < -0.3 is 10.3 Å². The summed E-state index contributed by atoms with van der Waals surface area (Å²) in [5.41, 5.74) is 6.23. The summed E-state index contributed by atoms with van der Waals surface area (Å²) in [6.45, 7) is 0. The zero-order valence-electron chi connectivity index (χ0n) is 10.5. The molecule has 0 radical (unpaired) electrons. The molecule has 4 nitrogen and oxygen atoms in total. The lowest BCUT2D eigenvalue weighted by molar-refractivity contribution is 0.326. The van der Waals surface area contributed by atoms with E-state index in [4.69, 9.17) is 10.3 Å². The molecule has 2 aromatic heterocycles. The third-order valence-electron chi connectivity index (χ3n) is 3.62. The van der Waals surface area contributed by atoms with Gasteiger partial charge in [0.25, 0.3) is 0 Å². The molecule has 0 aromatic carbocycles. The van der Waals surface area contributed by atoms with Crippen LogP contribution in [0.15, 0.2) is 20.4 Å². The van der Waals surface area contributed by atoms with Gasteiger partial charge in [0.1, 0.15) is 0 Å². The third-order valence-corrected chi connectivity index (χ3v) is 5.30. The van der Waals surface area contributed by atoms with Crippen molar-refractivity contribution in [2.75, 3.05) is 0 Å². The van der Waals surface area contributed by atoms with E-state index in [1.807, 2.05) is 11.4 Å². The summed E-state index contributed by atoms with van der Waals surface area (Å²) < 4.78 is 6.49. The van der Waals surface area contributed by atoms with Gasteiger partial charge in [-0.1, -0.05) is 24.4 Å². The number of aromatic nitrogens is 2. The Morgan fingerprint density at radius 3 is 2.95 bits per heavy atom. The minimum absolute atomic E-state index is 0.144. The van der Waals surface area contributed by atoms with Crippen LogP contribution in [0.1, 0.15) is 43.9 Å². The molecule has 6 heteroatoms. The Labute approximate surface area is 124 Å². The number of nitrogens with two attached hydrogens (primary N) is 1. The molecule has 1 fully saturated rings. The first kappa shape index (κ1) is 13.3. The first-order valence-electron chi connectivity index (χ1n) is 6.57. The molecule has 0 bridgehead atoms. The summed E-state index contributed by atoms with van der Waals surface area (Å²) in [7, 11) is 0. The van der Waals surface area contributed by atoms with Gasteiger partial charge in [0.15, 0.2) is 0 Å². The highest BCUT2D eigenvalue weighted by Gasteiger charge is 2.27. The van der Waals surface area contributed by atoms with E-state index in [9.17, 15) is 0 Å². The van der Waals surface area contributed by atoms with Crippen LogP contribution in [0.5, 0.6) is 0 Å². The Bertz CT molecular complexity index is 554. The molecular formula is C13H16BrN3OS. The minimum atomic E-state index is 0.144. The van der Waals surface area contributed by atoms with E-state index >= 15 is 0 Å². The van der Waals surface area contributed by atoms with Crippen molar-refractivity contribution >= 4 is 27.3 Å². The van der Waals surface area contributed by atoms with Crippen molar-refractivity contribution in [3.63, 3.8) is 0 Å². The summed E-state index contributed by atoms with van der Waals surface area (Å²) in [5.74, 6) is 1.59. The van der Waals surface area contributed by atoms with Gasteiger partial charge in [-0.25, -0.2) is 0 Å². The molecule has 3 rings (SSSR count). The zero-order chi connectivity index (χ0) is 13.2. The molecular weight excluding hydrogens is 326 g/mol. The average molecular weight is 342 g/mol. The summed E-state index contributed by atoms with van der Waals surface area (Å²) in [6, 6.07) is 2.15. The Balaban J connectivity index is 1.84. The first-order chi connectivity index (χ1) is 9.24. The molecule has 2 aromatic rings. The van der Waals surface area contributed by atoms with Gasteiger partial charge in [-0.3, -0.25) is 0 Å². The lowest BCUT2D eigenvalue weighted by atomic mass is 9.95. The highest BCUT2D eigenvalue weighted by molar-refractivity contribution is 9.10. The van der Waals surface area contributed by atoms with Crippen LogP contribution in [-0.4, -0.2) is 16.2 Å². The minimum Gasteiger partial charge on any atom is -0.339 e. The van der Waals surface area contributed by atoms with E-state index in [-0.39, 0.29) is 12.0 Å². The van der Waals surface area contributed by atoms with Gasteiger partial charge >= 0.3 is 0 Å². The van der Waals surface area contributed by atoms with Crippen molar-refractivity contribution in [2.45, 2.75) is 44.1 Å². The largest absolute Gasteiger partial charge is 0.339 e. The fourth-order valence-electron chi connectivity index (χ4n) is 2.56. The van der Waals surface area contributed by atoms with Crippen LogP contribution >= 0.6 is 27.3 Å². The maximum absolute atomic E-state index is 6.23. The Morgan fingerprint density at radius 1 is 1.32 bits per heavy atom. The lowest BCUT2D eigenvalue weighted by Crippen LogP contribution is -2.27. The zero-order valence-corrected chi connectivity index (χ0v) is 12.9. The number of hydrogen-bond donors (Lipinski definition) is 1. The average Bonchev–Trinajstić information content (AvgIpc) is 2.97. The summed E-state index contributed by atoms with van der Waals surface area (Å²) in [4.78, 5) is 5.56. The van der Waals surface area contributed by atoms with E-state index < -0.39 is 0 Å². The number of halogens is 1. The van der Waals surface area contributed by atoms with Crippen molar-refractivity contribution < 1.29 is 4.52 Å². The molecule has 2 heterocycles. The van der Waals surface area contributed by atoms with Crippen molar-refractivity contribution in [2.24, 2.45) is 5.73 Å². The monoisotopic (exact) mass is 341 g/mol. The SMILES string of the molecule is NC1CCCCCC1c1nc(-c2cc(Br)cs2)no1. The molecule has 1 aliphatic rings. The van der Waals surface area contributed by atoms with E-state index in [2.05, 4.69) is 26.1 Å². The predicted molar refractivity (Wildman–Crippen MR) is 79.1 cm³/mol. The van der Waals surface area contributed by atoms with Gasteiger partial charge in [0.05, 0.1) is 10.8 Å². The molecule has 2 atom stereocenters. The standard InChI is InChI=1S/C13H16BrN3OS/c14-8-6-11(19-7-8)12-16-13(18-17-12)9-4-2-1-3-5-10(9)15/h6-7,9-10H,1-5,15H2. The molecule has 2 N–H and O–H groups in total. The summed E-state index contributed by atoms with van der Waals surface area (Å²) >= 11 is 5.04. The van der Waals surface area contributed by atoms with Crippen LogP contribution in [0, 0.1) is 0 Å². The predicted octanol–water partition coefficient (Wildman–Crippen LogP) is 3.94. The Kier molecular flexibility index (Phi) is 4.00. The van der Waals surface area contributed by atoms with E-state index in [0.29, 0.717) is 11.7 Å². The van der Waals surface area contributed by atoms with E-state index in [1.54, 1.807) is 11.3 Å². The smallest absolute Gasteiger partial charge is 0.231 e. The molecule has 1 aliphatic carbocycles. The Morgan fingerprint density at radius 2 is 2.16 bits per heavy atom. The third kappa shape index (κ3) is 2.90. The van der Waals surface area contributed by atoms with Gasteiger partial charge in [-0.2, -0.15) is 4.98 Å². The van der Waals surface area contributed by atoms with Gasteiger partial charge in [0, 0.05) is 15.9 Å². The van der Waals surface area contributed by atoms with Gasteiger partial charge in [-0.05, 0) is 34.8 Å². The van der Waals surface area contributed by atoms with Gasteiger partial charge in [-0.15, -0.1) is 11.3 Å². The molecule has 0 saturated heterocycles. The topological polar surface area (TPSA) is 64.9 Å². The highest BCUT2D eigenvalue weighted by Crippen LogP contribution is 2.33. The van der Waals surface area contributed by atoms with Crippen molar-refractivity contribution in [1.82, 2.24) is 10.1 Å². The van der Waals surface area contributed by atoms with Crippen LogP contribution in [0.25, 0.3) is 10.7 Å². The maximum atomic E-state index is 6.23. The number of hydrogen-bond acceptors (Lipinski definition) is 5. The number of thiophene rings is 1. The van der Waals surface area contributed by atoms with E-state index in [1.165, 1.54) is 19.3 Å². The van der Waals surface area contributed by atoms with E-state index in [0.717, 1.165) is 22.2 Å². The van der Waals surface area contributed by atoms with Crippen LogP contribution < -0.4 is 5.73 Å². The first-order valence-corrected chi connectivity index (χ1v) is 8.25. The fraction of sp³-hybridized carbons (Fsp3) is 0.538. The van der Waals surface area contributed by atoms with Crippen molar-refractivity contribution in [3.8, 4) is 10.7 Å². The molecule has 0 amide bonds. The second-order valence-electron chi connectivity index (χ2n) is 4.99. The van der Waals surface area contributed by atoms with Crippen LogP contribution in [0.2, 0.25) is 0 Å². The normalized spacial score (nSPS) is 24.3. The van der Waals surface area contributed by atoms with Crippen LogP contribution in [0.4, 0.5) is 0 Å². The van der Waals surface area contributed by atoms with Crippen LogP contribution in [-0.2, 0) is 0 Å². The second-order valence-corrected chi connectivity index (χ2v) is 6.82. The quantitative estimate of drug-likeness (QED) is 0.840. The number of rotatable bonds is 2. The van der Waals surface area contributed by atoms with Gasteiger partial charge in [0.2, 0.25) is 11.7 Å². The molecule has 0 spiro atoms. The van der Waals surface area contributed by atoms with Crippen molar-refractivity contribution in [3.05, 3.63) is 21.8 Å². The molecule has 0 aliphatic heterocycles. The number of nitrogens with zero attached hydrogens (tertiary/aromatic N) is 2. The Hall–Kier alpha value is -0.720. The van der Waals surface area contributed by atoms with Crippen molar-refractivity contribution in [1.29, 1.82) is 0 Å². The maximum Gasteiger partial charge on any atom is 0.231 e. The molecule has 2 unspecified atom stereocenters. The fourth-order valence-corrected chi connectivity index (χ4v) is 3.91. The summed E-state index contributed by atoms with van der Waals surface area (Å²) in [5, 5.41) is 6.10. The molecule has 102 valence electrons.